The first kappa shape index (κ1) is 20.3. The third-order valence-electron chi connectivity index (χ3n) is 3.92. The first-order valence-electron chi connectivity index (χ1n) is 8.96. The lowest BCUT2D eigenvalue weighted by molar-refractivity contribution is -0.126. The molecular weight excluding hydrogens is 377 g/mol. The quantitative estimate of drug-likeness (QED) is 0.455. The van der Waals surface area contributed by atoms with Gasteiger partial charge in [0, 0.05) is 36.2 Å². The van der Waals surface area contributed by atoms with Gasteiger partial charge in [-0.1, -0.05) is 0 Å². The van der Waals surface area contributed by atoms with Gasteiger partial charge in [0.05, 0.1) is 5.39 Å². The van der Waals surface area contributed by atoms with Crippen LogP contribution in [0.1, 0.15) is 20.3 Å². The van der Waals surface area contributed by atoms with E-state index >= 15 is 0 Å². The molecule has 3 rings (SSSR count). The normalized spacial score (nSPS) is 11.3. The van der Waals surface area contributed by atoms with Gasteiger partial charge in [-0.3, -0.25) is 9.59 Å². The van der Waals surface area contributed by atoms with Gasteiger partial charge < -0.3 is 26.1 Å². The molecule has 2 heterocycles. The van der Waals surface area contributed by atoms with E-state index in [-0.39, 0.29) is 18.0 Å². The number of benzene rings is 1. The Labute approximate surface area is 166 Å². The lowest BCUT2D eigenvalue weighted by atomic mass is 10.1. The van der Waals surface area contributed by atoms with Crippen molar-refractivity contribution in [3.8, 4) is 11.5 Å². The second-order valence-electron chi connectivity index (χ2n) is 7.29. The summed E-state index contributed by atoms with van der Waals surface area (Å²) < 4.78 is 20.1. The summed E-state index contributed by atoms with van der Waals surface area (Å²) in [5.74, 6) is -1.23. The van der Waals surface area contributed by atoms with Gasteiger partial charge in [-0.2, -0.15) is 0 Å². The number of aromatic amines is 1. The van der Waals surface area contributed by atoms with Gasteiger partial charge in [0.2, 0.25) is 11.8 Å². The minimum Gasteiger partial charge on any atom is -0.453 e. The van der Waals surface area contributed by atoms with Crippen molar-refractivity contribution in [1.29, 1.82) is 0 Å². The molecule has 1 aromatic carbocycles. The first-order chi connectivity index (χ1) is 13.7. The molecule has 0 saturated carbocycles. The van der Waals surface area contributed by atoms with Crippen molar-refractivity contribution < 1.29 is 18.7 Å². The highest BCUT2D eigenvalue weighted by Gasteiger charge is 2.16. The fourth-order valence-corrected chi connectivity index (χ4v) is 2.54. The van der Waals surface area contributed by atoms with Crippen LogP contribution in [0.25, 0.3) is 11.0 Å². The SMILES string of the molecule is CC(C)(N)CNC(=O)CC(=O)Nc1ccc(Oc2ccnc3[nH]ccc23)c(F)c1. The van der Waals surface area contributed by atoms with Crippen LogP contribution < -0.4 is 21.1 Å². The molecule has 0 bridgehead atoms. The number of hydrogen-bond donors (Lipinski definition) is 4. The van der Waals surface area contributed by atoms with E-state index in [1.807, 2.05) is 0 Å². The number of carbonyl (C=O) groups excluding carboxylic acids is 2. The molecule has 5 N–H and O–H groups in total. The Kier molecular flexibility index (Phi) is 5.79. The van der Waals surface area contributed by atoms with Crippen LogP contribution in [0.3, 0.4) is 0 Å². The Morgan fingerprint density at radius 2 is 2.00 bits per heavy atom. The van der Waals surface area contributed by atoms with Crippen LogP contribution in [-0.2, 0) is 9.59 Å². The first-order valence-corrected chi connectivity index (χ1v) is 8.96. The van der Waals surface area contributed by atoms with Gasteiger partial charge in [0.25, 0.3) is 0 Å². The minimum atomic E-state index is -0.655. The van der Waals surface area contributed by atoms with Crippen LogP contribution in [-0.4, -0.2) is 33.9 Å². The number of rotatable bonds is 7. The van der Waals surface area contributed by atoms with E-state index in [1.54, 1.807) is 38.4 Å². The molecule has 0 atom stereocenters. The van der Waals surface area contributed by atoms with Crippen LogP contribution in [0.15, 0.2) is 42.7 Å². The molecule has 8 nitrogen and oxygen atoms in total. The van der Waals surface area contributed by atoms with E-state index in [1.165, 1.54) is 12.1 Å². The van der Waals surface area contributed by atoms with Gasteiger partial charge in [-0.25, -0.2) is 9.37 Å². The Hall–Kier alpha value is -3.46. The Bertz CT molecular complexity index is 1040. The molecule has 0 radical (unpaired) electrons. The van der Waals surface area contributed by atoms with Crippen molar-refractivity contribution in [3.63, 3.8) is 0 Å². The molecule has 0 saturated heterocycles. The van der Waals surface area contributed by atoms with Gasteiger partial charge >= 0.3 is 0 Å². The lowest BCUT2D eigenvalue weighted by Gasteiger charge is -2.18. The zero-order chi connectivity index (χ0) is 21.0. The second kappa shape index (κ2) is 8.27. The molecule has 0 unspecified atom stereocenters. The largest absolute Gasteiger partial charge is 0.453 e. The summed E-state index contributed by atoms with van der Waals surface area (Å²) in [4.78, 5) is 30.9. The average molecular weight is 399 g/mol. The number of ether oxygens (including phenoxy) is 1. The summed E-state index contributed by atoms with van der Waals surface area (Å²) >= 11 is 0. The number of aromatic nitrogens is 2. The molecular formula is C20H22FN5O3. The summed E-state index contributed by atoms with van der Waals surface area (Å²) in [5, 5.41) is 5.78. The highest BCUT2D eigenvalue weighted by molar-refractivity contribution is 6.03. The second-order valence-corrected chi connectivity index (χ2v) is 7.29. The van der Waals surface area contributed by atoms with Crippen molar-refractivity contribution in [1.82, 2.24) is 15.3 Å². The van der Waals surface area contributed by atoms with Crippen molar-refractivity contribution in [2.45, 2.75) is 25.8 Å². The number of carbonyl (C=O) groups is 2. The van der Waals surface area contributed by atoms with E-state index < -0.39 is 29.6 Å². The van der Waals surface area contributed by atoms with Gasteiger partial charge in [0.1, 0.15) is 17.8 Å². The van der Waals surface area contributed by atoms with Gasteiger partial charge in [0.15, 0.2) is 11.6 Å². The number of anilines is 1. The molecule has 9 heteroatoms. The van der Waals surface area contributed by atoms with E-state index in [9.17, 15) is 14.0 Å². The molecule has 0 spiro atoms. The number of pyridine rings is 1. The highest BCUT2D eigenvalue weighted by Crippen LogP contribution is 2.31. The fraction of sp³-hybridized carbons (Fsp3) is 0.250. The Balaban J connectivity index is 1.61. The number of amides is 2. The van der Waals surface area contributed by atoms with Gasteiger partial charge in [-0.15, -0.1) is 0 Å². The summed E-state index contributed by atoms with van der Waals surface area (Å²) in [7, 11) is 0. The van der Waals surface area contributed by atoms with Crippen LogP contribution in [0.4, 0.5) is 10.1 Å². The van der Waals surface area contributed by atoms with E-state index in [4.69, 9.17) is 10.5 Å². The van der Waals surface area contributed by atoms with Crippen LogP contribution >= 0.6 is 0 Å². The van der Waals surface area contributed by atoms with Crippen LogP contribution in [0.5, 0.6) is 11.5 Å². The smallest absolute Gasteiger partial charge is 0.233 e. The molecule has 29 heavy (non-hydrogen) atoms. The maximum atomic E-state index is 14.4. The molecule has 0 fully saturated rings. The van der Waals surface area contributed by atoms with Crippen molar-refractivity contribution in [3.05, 3.63) is 48.5 Å². The number of halogens is 1. The molecule has 0 aliphatic heterocycles. The van der Waals surface area contributed by atoms with Crippen LogP contribution in [0.2, 0.25) is 0 Å². The zero-order valence-corrected chi connectivity index (χ0v) is 16.1. The van der Waals surface area contributed by atoms with E-state index in [2.05, 4.69) is 20.6 Å². The standard InChI is InChI=1S/C20H22FN5O3/c1-20(2,22)11-25-17(27)10-18(28)26-12-3-4-16(14(21)9-12)29-15-6-8-24-19-13(15)5-7-23-19/h3-9H,10-11,22H2,1-2H3,(H,23,24)(H,25,27)(H,26,28). The van der Waals surface area contributed by atoms with E-state index in [0.717, 1.165) is 11.5 Å². The van der Waals surface area contributed by atoms with Crippen molar-refractivity contribution in [2.75, 3.05) is 11.9 Å². The van der Waals surface area contributed by atoms with E-state index in [0.29, 0.717) is 11.4 Å². The monoisotopic (exact) mass is 399 g/mol. The maximum Gasteiger partial charge on any atom is 0.233 e. The highest BCUT2D eigenvalue weighted by atomic mass is 19.1. The molecule has 2 aromatic heterocycles. The maximum absolute atomic E-state index is 14.4. The topological polar surface area (TPSA) is 122 Å². The third kappa shape index (κ3) is 5.52. The van der Waals surface area contributed by atoms with Crippen molar-refractivity contribution in [2.24, 2.45) is 5.73 Å². The predicted molar refractivity (Wildman–Crippen MR) is 107 cm³/mol. The Morgan fingerprint density at radius 1 is 1.21 bits per heavy atom. The number of fused-ring (bicyclic) bond motifs is 1. The fourth-order valence-electron chi connectivity index (χ4n) is 2.54. The lowest BCUT2D eigenvalue weighted by Crippen LogP contribution is -2.45. The summed E-state index contributed by atoms with van der Waals surface area (Å²) in [6.07, 6.45) is 2.88. The number of nitrogens with zero attached hydrogens (tertiary/aromatic N) is 1. The zero-order valence-electron chi connectivity index (χ0n) is 16.1. The number of H-pyrrole nitrogens is 1. The molecule has 2 amide bonds. The minimum absolute atomic E-state index is 0.000353. The summed E-state index contributed by atoms with van der Waals surface area (Å²) in [5.41, 5.74) is 6.04. The molecule has 0 aliphatic carbocycles. The number of nitrogens with two attached hydrogens (primary N) is 1. The van der Waals surface area contributed by atoms with Gasteiger partial charge in [-0.05, 0) is 38.1 Å². The molecule has 3 aromatic rings. The van der Waals surface area contributed by atoms with Crippen LogP contribution in [0, 0.1) is 5.82 Å². The molecule has 0 aliphatic rings. The third-order valence-corrected chi connectivity index (χ3v) is 3.92. The average Bonchev–Trinajstić information content (AvgIpc) is 3.11. The number of hydrogen-bond acceptors (Lipinski definition) is 5. The Morgan fingerprint density at radius 3 is 2.72 bits per heavy atom. The summed E-state index contributed by atoms with van der Waals surface area (Å²) in [6, 6.07) is 7.44. The number of nitrogens with one attached hydrogen (secondary N) is 3. The summed E-state index contributed by atoms with van der Waals surface area (Å²) in [6.45, 7) is 3.75. The molecule has 152 valence electrons. The van der Waals surface area contributed by atoms with Crippen molar-refractivity contribution >= 4 is 28.5 Å². The predicted octanol–water partition coefficient (Wildman–Crippen LogP) is 2.68.